The Labute approximate surface area is 74.5 Å². The Morgan fingerprint density at radius 2 is 2.33 bits per heavy atom. The molecule has 12 heavy (non-hydrogen) atoms. The lowest BCUT2D eigenvalue weighted by molar-refractivity contribution is -0.0608. The standard InChI is InChI=1S/C9H20N2O/c1-8(6-10)9(12)4-3-5-11(2)7-9/h8,12H,3-7,10H2,1-2H3. The van der Waals surface area contributed by atoms with Gasteiger partial charge in [0, 0.05) is 6.54 Å². The summed E-state index contributed by atoms with van der Waals surface area (Å²) in [6, 6.07) is 0. The van der Waals surface area contributed by atoms with E-state index in [1.807, 2.05) is 14.0 Å². The summed E-state index contributed by atoms with van der Waals surface area (Å²) in [6.45, 7) is 4.47. The minimum absolute atomic E-state index is 0.209. The predicted octanol–water partition coefficient (Wildman–Crippen LogP) is 0.0379. The van der Waals surface area contributed by atoms with Crippen molar-refractivity contribution >= 4 is 0 Å². The first kappa shape index (κ1) is 9.96. The van der Waals surface area contributed by atoms with Crippen molar-refractivity contribution in [2.75, 3.05) is 26.7 Å². The Morgan fingerprint density at radius 3 is 2.83 bits per heavy atom. The molecule has 0 radical (unpaired) electrons. The smallest absolute Gasteiger partial charge is 0.0811 e. The van der Waals surface area contributed by atoms with E-state index in [9.17, 15) is 5.11 Å². The lowest BCUT2D eigenvalue weighted by Gasteiger charge is -2.41. The van der Waals surface area contributed by atoms with Crippen LogP contribution in [0.15, 0.2) is 0 Å². The number of rotatable bonds is 2. The zero-order valence-corrected chi connectivity index (χ0v) is 8.08. The van der Waals surface area contributed by atoms with E-state index in [4.69, 9.17) is 5.73 Å². The third kappa shape index (κ3) is 1.97. The highest BCUT2D eigenvalue weighted by Crippen LogP contribution is 2.27. The summed E-state index contributed by atoms with van der Waals surface area (Å²) >= 11 is 0. The van der Waals surface area contributed by atoms with E-state index >= 15 is 0 Å². The first-order valence-corrected chi connectivity index (χ1v) is 4.69. The minimum Gasteiger partial charge on any atom is -0.388 e. The van der Waals surface area contributed by atoms with Crippen LogP contribution in [0.2, 0.25) is 0 Å². The molecule has 0 spiro atoms. The van der Waals surface area contributed by atoms with Crippen LogP contribution < -0.4 is 5.73 Å². The molecule has 1 fully saturated rings. The molecule has 1 saturated heterocycles. The summed E-state index contributed by atoms with van der Waals surface area (Å²) < 4.78 is 0. The third-order valence-electron chi connectivity index (χ3n) is 2.96. The zero-order chi connectivity index (χ0) is 9.19. The van der Waals surface area contributed by atoms with Crippen LogP contribution in [0, 0.1) is 5.92 Å². The molecule has 72 valence electrons. The van der Waals surface area contributed by atoms with Gasteiger partial charge in [0.25, 0.3) is 0 Å². The van der Waals surface area contributed by atoms with E-state index in [1.54, 1.807) is 0 Å². The second-order valence-electron chi connectivity index (χ2n) is 4.08. The maximum absolute atomic E-state index is 10.2. The highest BCUT2D eigenvalue weighted by molar-refractivity contribution is 4.90. The molecule has 3 heteroatoms. The van der Waals surface area contributed by atoms with Crippen molar-refractivity contribution in [1.82, 2.24) is 4.90 Å². The first-order chi connectivity index (χ1) is 5.58. The summed E-state index contributed by atoms with van der Waals surface area (Å²) in [7, 11) is 2.05. The Balaban J connectivity index is 2.56. The molecule has 3 nitrogen and oxygen atoms in total. The Kier molecular flexibility index (Phi) is 3.09. The van der Waals surface area contributed by atoms with Crippen LogP contribution in [0.1, 0.15) is 19.8 Å². The summed E-state index contributed by atoms with van der Waals surface area (Å²) in [5, 5.41) is 10.2. The van der Waals surface area contributed by atoms with Crippen LogP contribution in [0.5, 0.6) is 0 Å². The van der Waals surface area contributed by atoms with Crippen LogP contribution in [-0.4, -0.2) is 42.3 Å². The average molecular weight is 172 g/mol. The number of nitrogens with zero attached hydrogens (tertiary/aromatic N) is 1. The quantitative estimate of drug-likeness (QED) is 0.618. The summed E-state index contributed by atoms with van der Waals surface area (Å²) in [6.07, 6.45) is 1.98. The van der Waals surface area contributed by atoms with Gasteiger partial charge in [0.05, 0.1) is 5.60 Å². The lowest BCUT2D eigenvalue weighted by atomic mass is 9.82. The second kappa shape index (κ2) is 3.73. The molecule has 3 N–H and O–H groups in total. The van der Waals surface area contributed by atoms with E-state index < -0.39 is 5.60 Å². The number of likely N-dealkylation sites (N-methyl/N-ethyl adjacent to an activating group) is 1. The molecule has 0 aromatic rings. The largest absolute Gasteiger partial charge is 0.388 e. The van der Waals surface area contributed by atoms with Crippen LogP contribution in [0.3, 0.4) is 0 Å². The Morgan fingerprint density at radius 1 is 1.67 bits per heavy atom. The van der Waals surface area contributed by atoms with Crippen molar-refractivity contribution in [3.63, 3.8) is 0 Å². The van der Waals surface area contributed by atoms with Gasteiger partial charge in [-0.1, -0.05) is 6.92 Å². The molecule has 2 unspecified atom stereocenters. The number of hydrogen-bond donors (Lipinski definition) is 2. The molecule has 0 aromatic heterocycles. The molecule has 0 aromatic carbocycles. The number of likely N-dealkylation sites (tertiary alicyclic amines) is 1. The SMILES string of the molecule is CC(CN)C1(O)CCCN(C)C1. The number of nitrogens with two attached hydrogens (primary N) is 1. The number of β-amino-alcohol motifs (C(OH)–C–C–N with tert-alkyl or cyclic N) is 1. The van der Waals surface area contributed by atoms with Gasteiger partial charge in [-0.3, -0.25) is 0 Å². The summed E-state index contributed by atoms with van der Waals surface area (Å²) in [5.74, 6) is 0.209. The molecule has 0 aliphatic carbocycles. The van der Waals surface area contributed by atoms with Gasteiger partial charge in [-0.15, -0.1) is 0 Å². The van der Waals surface area contributed by atoms with E-state index in [0.29, 0.717) is 6.54 Å². The van der Waals surface area contributed by atoms with Crippen LogP contribution in [0.25, 0.3) is 0 Å². The minimum atomic E-state index is -0.540. The van der Waals surface area contributed by atoms with Gasteiger partial charge in [0.15, 0.2) is 0 Å². The maximum atomic E-state index is 10.2. The fourth-order valence-corrected chi connectivity index (χ4v) is 1.90. The zero-order valence-electron chi connectivity index (χ0n) is 8.08. The van der Waals surface area contributed by atoms with E-state index in [1.165, 1.54) is 0 Å². The number of piperidine rings is 1. The van der Waals surface area contributed by atoms with E-state index in [2.05, 4.69) is 4.90 Å². The van der Waals surface area contributed by atoms with Gasteiger partial charge in [0.1, 0.15) is 0 Å². The normalized spacial score (nSPS) is 35.0. The van der Waals surface area contributed by atoms with Crippen LogP contribution >= 0.6 is 0 Å². The van der Waals surface area contributed by atoms with Crippen molar-refractivity contribution in [3.05, 3.63) is 0 Å². The molecule has 0 bridgehead atoms. The molecular weight excluding hydrogens is 152 g/mol. The van der Waals surface area contributed by atoms with Gasteiger partial charge in [-0.25, -0.2) is 0 Å². The number of hydrogen-bond acceptors (Lipinski definition) is 3. The monoisotopic (exact) mass is 172 g/mol. The second-order valence-corrected chi connectivity index (χ2v) is 4.08. The van der Waals surface area contributed by atoms with Crippen molar-refractivity contribution in [2.24, 2.45) is 11.7 Å². The molecule has 1 heterocycles. The molecule has 1 rings (SSSR count). The highest BCUT2D eigenvalue weighted by atomic mass is 16.3. The van der Waals surface area contributed by atoms with Gasteiger partial charge in [-0.2, -0.15) is 0 Å². The molecule has 1 aliphatic heterocycles. The van der Waals surface area contributed by atoms with Gasteiger partial charge in [0.2, 0.25) is 0 Å². The third-order valence-corrected chi connectivity index (χ3v) is 2.96. The molecule has 1 aliphatic rings. The topological polar surface area (TPSA) is 49.5 Å². The fraction of sp³-hybridized carbons (Fsp3) is 1.00. The van der Waals surface area contributed by atoms with E-state index in [-0.39, 0.29) is 5.92 Å². The highest BCUT2D eigenvalue weighted by Gasteiger charge is 2.36. The molecule has 2 atom stereocenters. The van der Waals surface area contributed by atoms with Crippen molar-refractivity contribution in [1.29, 1.82) is 0 Å². The summed E-state index contributed by atoms with van der Waals surface area (Å²) in [5.41, 5.74) is 5.02. The summed E-state index contributed by atoms with van der Waals surface area (Å²) in [4.78, 5) is 2.18. The molecule has 0 amide bonds. The fourth-order valence-electron chi connectivity index (χ4n) is 1.90. The van der Waals surface area contributed by atoms with E-state index in [0.717, 1.165) is 25.9 Å². The maximum Gasteiger partial charge on any atom is 0.0811 e. The number of aliphatic hydroxyl groups is 1. The predicted molar refractivity (Wildman–Crippen MR) is 49.9 cm³/mol. The van der Waals surface area contributed by atoms with Crippen molar-refractivity contribution < 1.29 is 5.11 Å². The van der Waals surface area contributed by atoms with Crippen LogP contribution in [-0.2, 0) is 0 Å². The lowest BCUT2D eigenvalue weighted by Crippen LogP contribution is -2.52. The molecular formula is C9H20N2O. The molecule has 0 saturated carbocycles. The Bertz CT molecular complexity index is 151. The van der Waals surface area contributed by atoms with Gasteiger partial charge >= 0.3 is 0 Å². The van der Waals surface area contributed by atoms with Crippen LogP contribution in [0.4, 0.5) is 0 Å². The van der Waals surface area contributed by atoms with Crippen molar-refractivity contribution in [3.8, 4) is 0 Å². The average Bonchev–Trinajstić information content (AvgIpc) is 2.02. The van der Waals surface area contributed by atoms with Gasteiger partial charge < -0.3 is 15.7 Å². The Hall–Kier alpha value is -0.120. The first-order valence-electron chi connectivity index (χ1n) is 4.69. The van der Waals surface area contributed by atoms with Gasteiger partial charge in [-0.05, 0) is 38.9 Å². The van der Waals surface area contributed by atoms with Crippen molar-refractivity contribution in [2.45, 2.75) is 25.4 Å².